The summed E-state index contributed by atoms with van der Waals surface area (Å²) in [5.74, 6) is -1.17. The van der Waals surface area contributed by atoms with Gasteiger partial charge in [0.15, 0.2) is 0 Å². The Morgan fingerprint density at radius 3 is 2.27 bits per heavy atom. The van der Waals surface area contributed by atoms with Gasteiger partial charge >= 0.3 is 6.18 Å². The number of alkyl halides is 3. The lowest BCUT2D eigenvalue weighted by atomic mass is 9.88. The van der Waals surface area contributed by atoms with E-state index in [0.29, 0.717) is 0 Å². The molecule has 0 aliphatic heterocycles. The topological polar surface area (TPSA) is 58.2 Å². The summed E-state index contributed by atoms with van der Waals surface area (Å²) in [4.78, 5) is 25.0. The minimum atomic E-state index is -4.56. The predicted molar refractivity (Wildman–Crippen MR) is 93.9 cm³/mol. The smallest absolute Gasteiger partial charge is 0.352 e. The zero-order chi connectivity index (χ0) is 19.5. The molecule has 2 rings (SSSR count). The maximum atomic E-state index is 12.8. The van der Waals surface area contributed by atoms with Crippen LogP contribution in [0.25, 0.3) is 0 Å². The molecular weight excluding hydrogens is 369 g/mol. The molecule has 2 amide bonds. The maximum Gasteiger partial charge on any atom is 0.416 e. The van der Waals surface area contributed by atoms with E-state index in [1.807, 2.05) is 0 Å². The molecule has 0 atom stereocenters. The van der Waals surface area contributed by atoms with Gasteiger partial charge in [0.1, 0.15) is 5.41 Å². The Balaban J connectivity index is 2.11. The van der Waals surface area contributed by atoms with Crippen LogP contribution in [-0.4, -0.2) is 17.9 Å². The molecule has 0 heterocycles. The molecule has 1 aliphatic rings. The van der Waals surface area contributed by atoms with Crippen molar-refractivity contribution in [2.45, 2.75) is 58.2 Å². The standard InChI is InChI=1S/C18H22ClF3N2O2/c1-17(2,15(25)23-12-6-4-3-5-7-12)16(26)24-14-10-11(18(20,21)22)8-9-13(14)19/h8-10,12H,3-7H2,1-2H3,(H,23,25)(H,24,26). The molecule has 0 saturated heterocycles. The summed E-state index contributed by atoms with van der Waals surface area (Å²) in [6.45, 7) is 2.87. The van der Waals surface area contributed by atoms with E-state index in [1.54, 1.807) is 0 Å². The quantitative estimate of drug-likeness (QED) is 0.727. The normalized spacial score (nSPS) is 16.2. The van der Waals surface area contributed by atoms with Gasteiger partial charge in [-0.15, -0.1) is 0 Å². The third-order valence-corrected chi connectivity index (χ3v) is 4.95. The number of carbonyl (C=O) groups excluding carboxylic acids is 2. The van der Waals surface area contributed by atoms with Crippen molar-refractivity contribution in [2.24, 2.45) is 5.41 Å². The van der Waals surface area contributed by atoms with Crippen molar-refractivity contribution in [1.29, 1.82) is 0 Å². The summed E-state index contributed by atoms with van der Waals surface area (Å²) in [6, 6.07) is 2.68. The largest absolute Gasteiger partial charge is 0.416 e. The molecule has 144 valence electrons. The van der Waals surface area contributed by atoms with Crippen LogP contribution in [0, 0.1) is 5.41 Å². The fourth-order valence-corrected chi connectivity index (χ4v) is 2.96. The summed E-state index contributed by atoms with van der Waals surface area (Å²) in [5, 5.41) is 5.18. The fourth-order valence-electron chi connectivity index (χ4n) is 2.79. The Bertz CT molecular complexity index is 684. The molecule has 26 heavy (non-hydrogen) atoms. The van der Waals surface area contributed by atoms with Crippen molar-refractivity contribution in [2.75, 3.05) is 5.32 Å². The molecule has 0 aromatic heterocycles. The SMILES string of the molecule is CC(C)(C(=O)Nc1cc(C(F)(F)F)ccc1Cl)C(=O)NC1CCCCC1. The van der Waals surface area contributed by atoms with Gasteiger partial charge in [0.2, 0.25) is 11.8 Å². The van der Waals surface area contributed by atoms with Gasteiger partial charge in [-0.25, -0.2) is 0 Å². The minimum absolute atomic E-state index is 0.0282. The summed E-state index contributed by atoms with van der Waals surface area (Å²) in [7, 11) is 0. The van der Waals surface area contributed by atoms with Gasteiger partial charge < -0.3 is 10.6 Å². The number of hydrogen-bond donors (Lipinski definition) is 2. The van der Waals surface area contributed by atoms with Gasteiger partial charge in [-0.05, 0) is 44.9 Å². The van der Waals surface area contributed by atoms with Gasteiger partial charge in [0.25, 0.3) is 0 Å². The summed E-state index contributed by atoms with van der Waals surface area (Å²) >= 11 is 5.89. The van der Waals surface area contributed by atoms with Gasteiger partial charge in [0, 0.05) is 6.04 Å². The molecule has 0 radical (unpaired) electrons. The Kier molecular flexibility index (Phi) is 6.21. The maximum absolute atomic E-state index is 12.8. The Morgan fingerprint density at radius 2 is 1.69 bits per heavy atom. The van der Waals surface area contributed by atoms with Gasteiger partial charge in [-0.1, -0.05) is 30.9 Å². The Morgan fingerprint density at radius 1 is 1.08 bits per heavy atom. The van der Waals surface area contributed by atoms with Crippen LogP contribution >= 0.6 is 11.6 Å². The zero-order valence-corrected chi connectivity index (χ0v) is 15.4. The second-order valence-electron chi connectivity index (χ2n) is 7.08. The van der Waals surface area contributed by atoms with E-state index in [-0.39, 0.29) is 16.8 Å². The number of rotatable bonds is 4. The number of amides is 2. The highest BCUT2D eigenvalue weighted by atomic mass is 35.5. The molecule has 8 heteroatoms. The van der Waals surface area contributed by atoms with Gasteiger partial charge in [-0.3, -0.25) is 9.59 Å². The van der Waals surface area contributed by atoms with Crippen LogP contribution in [0.5, 0.6) is 0 Å². The molecule has 1 fully saturated rings. The van der Waals surface area contributed by atoms with E-state index in [1.165, 1.54) is 13.8 Å². The minimum Gasteiger partial charge on any atom is -0.352 e. The van der Waals surface area contributed by atoms with Crippen LogP contribution < -0.4 is 10.6 Å². The molecule has 1 aromatic carbocycles. The van der Waals surface area contributed by atoms with Crippen LogP contribution in [0.3, 0.4) is 0 Å². The van der Waals surface area contributed by atoms with Crippen LogP contribution in [0.1, 0.15) is 51.5 Å². The summed E-state index contributed by atoms with van der Waals surface area (Å²) < 4.78 is 38.5. The lowest BCUT2D eigenvalue weighted by Gasteiger charge is -2.28. The first-order chi connectivity index (χ1) is 12.0. The molecule has 1 aromatic rings. The second-order valence-corrected chi connectivity index (χ2v) is 7.49. The van der Waals surface area contributed by atoms with E-state index >= 15 is 0 Å². The third-order valence-electron chi connectivity index (χ3n) is 4.62. The van der Waals surface area contributed by atoms with Crippen molar-refractivity contribution in [3.63, 3.8) is 0 Å². The van der Waals surface area contributed by atoms with Crippen molar-refractivity contribution in [1.82, 2.24) is 5.32 Å². The van der Waals surface area contributed by atoms with E-state index in [9.17, 15) is 22.8 Å². The van der Waals surface area contributed by atoms with Crippen molar-refractivity contribution in [3.05, 3.63) is 28.8 Å². The molecule has 0 spiro atoms. The van der Waals surface area contributed by atoms with E-state index in [0.717, 1.165) is 50.3 Å². The third kappa shape index (κ3) is 4.90. The number of halogens is 4. The number of anilines is 1. The number of carbonyl (C=O) groups is 2. The average Bonchev–Trinajstić information content (AvgIpc) is 2.56. The monoisotopic (exact) mass is 390 g/mol. The Hall–Kier alpha value is -1.76. The van der Waals surface area contributed by atoms with Crippen LogP contribution in [0.4, 0.5) is 18.9 Å². The molecule has 1 saturated carbocycles. The highest BCUT2D eigenvalue weighted by Crippen LogP contribution is 2.34. The lowest BCUT2D eigenvalue weighted by molar-refractivity contribution is -0.139. The predicted octanol–water partition coefficient (Wildman–Crippen LogP) is 4.77. The van der Waals surface area contributed by atoms with Crippen molar-refractivity contribution in [3.8, 4) is 0 Å². The number of hydrogen-bond acceptors (Lipinski definition) is 2. The summed E-state index contributed by atoms with van der Waals surface area (Å²) in [5.41, 5.74) is -2.55. The summed E-state index contributed by atoms with van der Waals surface area (Å²) in [6.07, 6.45) is 0.350. The first kappa shape index (κ1) is 20.6. The van der Waals surface area contributed by atoms with Crippen LogP contribution in [-0.2, 0) is 15.8 Å². The van der Waals surface area contributed by atoms with Crippen LogP contribution in [0.15, 0.2) is 18.2 Å². The average molecular weight is 391 g/mol. The molecule has 0 bridgehead atoms. The number of benzene rings is 1. The molecule has 0 unspecified atom stereocenters. The van der Waals surface area contributed by atoms with Crippen LogP contribution in [0.2, 0.25) is 5.02 Å². The van der Waals surface area contributed by atoms with Gasteiger partial charge in [0.05, 0.1) is 16.3 Å². The number of nitrogens with one attached hydrogen (secondary N) is 2. The first-order valence-electron chi connectivity index (χ1n) is 8.51. The molecule has 1 aliphatic carbocycles. The lowest BCUT2D eigenvalue weighted by Crippen LogP contribution is -2.49. The van der Waals surface area contributed by atoms with Gasteiger partial charge in [-0.2, -0.15) is 13.2 Å². The van der Waals surface area contributed by atoms with E-state index in [4.69, 9.17) is 11.6 Å². The highest BCUT2D eigenvalue weighted by Gasteiger charge is 2.38. The first-order valence-corrected chi connectivity index (χ1v) is 8.89. The van der Waals surface area contributed by atoms with E-state index in [2.05, 4.69) is 10.6 Å². The zero-order valence-electron chi connectivity index (χ0n) is 14.7. The van der Waals surface area contributed by atoms with Crippen molar-refractivity contribution < 1.29 is 22.8 Å². The molecular formula is C18H22ClF3N2O2. The second kappa shape index (κ2) is 7.86. The fraction of sp³-hybridized carbons (Fsp3) is 0.556. The van der Waals surface area contributed by atoms with E-state index < -0.39 is 29.0 Å². The molecule has 4 nitrogen and oxygen atoms in total. The highest BCUT2D eigenvalue weighted by molar-refractivity contribution is 6.34. The molecule has 2 N–H and O–H groups in total. The Labute approximate surface area is 155 Å². The van der Waals surface area contributed by atoms with Crippen molar-refractivity contribution >= 4 is 29.1 Å².